The first-order valence-corrected chi connectivity index (χ1v) is 9.93. The van der Waals surface area contributed by atoms with E-state index in [2.05, 4.69) is 10.3 Å². The van der Waals surface area contributed by atoms with Gasteiger partial charge in [0, 0.05) is 29.9 Å². The molecule has 1 amide bonds. The molecular formula is C19H19N3O3S. The molecule has 3 rings (SSSR count). The Balaban J connectivity index is 1.69. The van der Waals surface area contributed by atoms with Crippen LogP contribution in [0.4, 0.5) is 0 Å². The maximum atomic E-state index is 12.4. The van der Waals surface area contributed by atoms with E-state index in [9.17, 15) is 13.2 Å². The van der Waals surface area contributed by atoms with E-state index in [4.69, 9.17) is 0 Å². The van der Waals surface area contributed by atoms with Gasteiger partial charge in [-0.15, -0.1) is 0 Å². The second kappa shape index (κ2) is 7.13. The molecule has 3 aromatic rings. The van der Waals surface area contributed by atoms with Crippen LogP contribution in [-0.2, 0) is 9.84 Å². The molecule has 134 valence electrons. The van der Waals surface area contributed by atoms with Gasteiger partial charge in [-0.2, -0.15) is 0 Å². The maximum absolute atomic E-state index is 12.4. The molecule has 1 heterocycles. The average molecular weight is 369 g/mol. The van der Waals surface area contributed by atoms with Gasteiger partial charge in [0.2, 0.25) is 0 Å². The number of hydrogen-bond acceptors (Lipinski definition) is 4. The van der Waals surface area contributed by atoms with Crippen LogP contribution in [0, 0.1) is 0 Å². The highest BCUT2D eigenvalue weighted by atomic mass is 32.2. The van der Waals surface area contributed by atoms with Gasteiger partial charge in [-0.25, -0.2) is 13.4 Å². The van der Waals surface area contributed by atoms with Crippen molar-refractivity contribution in [3.8, 4) is 5.69 Å². The lowest BCUT2D eigenvalue weighted by molar-refractivity contribution is 0.0940. The fourth-order valence-electron chi connectivity index (χ4n) is 2.56. The zero-order chi connectivity index (χ0) is 18.7. The minimum Gasteiger partial charge on any atom is -0.346 e. The largest absolute Gasteiger partial charge is 0.346 e. The van der Waals surface area contributed by atoms with Crippen LogP contribution in [0.2, 0.25) is 0 Å². The summed E-state index contributed by atoms with van der Waals surface area (Å²) >= 11 is 0. The Bertz CT molecular complexity index is 993. The van der Waals surface area contributed by atoms with E-state index in [0.29, 0.717) is 5.56 Å². The number of carbonyl (C=O) groups excluding carboxylic acids is 1. The van der Waals surface area contributed by atoms with Gasteiger partial charge >= 0.3 is 0 Å². The van der Waals surface area contributed by atoms with Crippen molar-refractivity contribution >= 4 is 15.7 Å². The zero-order valence-corrected chi connectivity index (χ0v) is 15.3. The van der Waals surface area contributed by atoms with Crippen LogP contribution in [0.15, 0.2) is 72.1 Å². The van der Waals surface area contributed by atoms with Gasteiger partial charge in [-0.05, 0) is 48.9 Å². The number of carbonyl (C=O) groups is 1. The van der Waals surface area contributed by atoms with Crippen LogP contribution in [0.5, 0.6) is 0 Å². The molecule has 6 nitrogen and oxygen atoms in total. The predicted molar refractivity (Wildman–Crippen MR) is 99.0 cm³/mol. The topological polar surface area (TPSA) is 81.1 Å². The number of amides is 1. The predicted octanol–water partition coefficient (Wildman–Crippen LogP) is 2.77. The van der Waals surface area contributed by atoms with Gasteiger partial charge in [0.15, 0.2) is 9.84 Å². The number of nitrogens with zero attached hydrogens (tertiary/aromatic N) is 2. The molecule has 0 aliphatic rings. The Morgan fingerprint density at radius 3 is 2.27 bits per heavy atom. The summed E-state index contributed by atoms with van der Waals surface area (Å²) < 4.78 is 24.9. The Morgan fingerprint density at radius 2 is 1.73 bits per heavy atom. The lowest BCUT2D eigenvalue weighted by Gasteiger charge is -2.15. The van der Waals surface area contributed by atoms with Crippen molar-refractivity contribution < 1.29 is 13.2 Å². The molecule has 0 saturated heterocycles. The second-order valence-electron chi connectivity index (χ2n) is 6.05. The van der Waals surface area contributed by atoms with E-state index >= 15 is 0 Å². The quantitative estimate of drug-likeness (QED) is 0.750. The summed E-state index contributed by atoms with van der Waals surface area (Å²) in [4.78, 5) is 16.6. The smallest absolute Gasteiger partial charge is 0.251 e. The van der Waals surface area contributed by atoms with Crippen molar-refractivity contribution in [3.05, 3.63) is 78.4 Å². The molecule has 0 saturated carbocycles. The summed E-state index contributed by atoms with van der Waals surface area (Å²) in [6.45, 7) is 1.90. The zero-order valence-electron chi connectivity index (χ0n) is 14.5. The van der Waals surface area contributed by atoms with Gasteiger partial charge in [-0.1, -0.05) is 12.1 Å². The van der Waals surface area contributed by atoms with Crippen LogP contribution >= 0.6 is 0 Å². The average Bonchev–Trinajstić information content (AvgIpc) is 3.16. The maximum Gasteiger partial charge on any atom is 0.251 e. The van der Waals surface area contributed by atoms with Crippen molar-refractivity contribution in [1.29, 1.82) is 0 Å². The SMILES string of the molecule is CC(NC(=O)c1ccc(S(C)(=O)=O)cc1)c1ccc(-n2ccnc2)cc1. The van der Waals surface area contributed by atoms with E-state index < -0.39 is 9.84 Å². The first-order chi connectivity index (χ1) is 12.3. The Morgan fingerprint density at radius 1 is 1.08 bits per heavy atom. The minimum atomic E-state index is -3.27. The molecule has 0 radical (unpaired) electrons. The normalized spacial score (nSPS) is 12.5. The molecule has 1 atom stereocenters. The van der Waals surface area contributed by atoms with E-state index in [0.717, 1.165) is 17.5 Å². The van der Waals surface area contributed by atoms with Crippen LogP contribution in [0.25, 0.3) is 5.69 Å². The van der Waals surface area contributed by atoms with E-state index in [1.165, 1.54) is 24.3 Å². The number of aromatic nitrogens is 2. The number of nitrogens with one attached hydrogen (secondary N) is 1. The van der Waals surface area contributed by atoms with Crippen molar-refractivity contribution in [2.75, 3.05) is 6.26 Å². The molecule has 0 spiro atoms. The summed E-state index contributed by atoms with van der Waals surface area (Å²) in [5.41, 5.74) is 2.37. The summed E-state index contributed by atoms with van der Waals surface area (Å²) in [6, 6.07) is 13.5. The van der Waals surface area contributed by atoms with E-state index in [1.807, 2.05) is 42.0 Å². The molecule has 2 aromatic carbocycles. The molecule has 0 aliphatic heterocycles. The number of hydrogen-bond donors (Lipinski definition) is 1. The molecule has 1 aromatic heterocycles. The number of benzene rings is 2. The number of rotatable bonds is 5. The van der Waals surface area contributed by atoms with Crippen molar-refractivity contribution in [2.45, 2.75) is 17.9 Å². The first-order valence-electron chi connectivity index (χ1n) is 8.04. The molecule has 0 fully saturated rings. The fourth-order valence-corrected chi connectivity index (χ4v) is 3.19. The molecule has 0 bridgehead atoms. The molecule has 7 heteroatoms. The summed E-state index contributed by atoms with van der Waals surface area (Å²) in [7, 11) is -3.27. The third-order valence-corrected chi connectivity index (χ3v) is 5.22. The lowest BCUT2D eigenvalue weighted by atomic mass is 10.1. The standard InChI is InChI=1S/C19H19N3O3S/c1-14(15-3-7-17(8-4-15)22-12-11-20-13-22)21-19(23)16-5-9-18(10-6-16)26(2,24)25/h3-14H,1-2H3,(H,21,23). The van der Waals surface area contributed by atoms with Crippen LogP contribution in [0.3, 0.4) is 0 Å². The minimum absolute atomic E-state index is 0.186. The lowest BCUT2D eigenvalue weighted by Crippen LogP contribution is -2.26. The first kappa shape index (κ1) is 17.9. The molecule has 26 heavy (non-hydrogen) atoms. The van der Waals surface area contributed by atoms with Gasteiger partial charge in [0.1, 0.15) is 0 Å². The summed E-state index contributed by atoms with van der Waals surface area (Å²) in [5, 5.41) is 2.92. The number of imidazole rings is 1. The second-order valence-corrected chi connectivity index (χ2v) is 8.07. The van der Waals surface area contributed by atoms with Crippen molar-refractivity contribution in [1.82, 2.24) is 14.9 Å². The van der Waals surface area contributed by atoms with Crippen molar-refractivity contribution in [3.63, 3.8) is 0 Å². The van der Waals surface area contributed by atoms with Crippen LogP contribution < -0.4 is 5.32 Å². The highest BCUT2D eigenvalue weighted by Gasteiger charge is 2.13. The fraction of sp³-hybridized carbons (Fsp3) is 0.158. The van der Waals surface area contributed by atoms with Crippen LogP contribution in [-0.4, -0.2) is 30.1 Å². The Labute approximate surface area is 152 Å². The van der Waals surface area contributed by atoms with Crippen LogP contribution in [0.1, 0.15) is 28.9 Å². The van der Waals surface area contributed by atoms with Gasteiger partial charge in [0.25, 0.3) is 5.91 Å². The molecule has 0 aliphatic carbocycles. The molecule has 1 N–H and O–H groups in total. The third kappa shape index (κ3) is 4.00. The highest BCUT2D eigenvalue weighted by Crippen LogP contribution is 2.17. The molecule has 1 unspecified atom stereocenters. The van der Waals surface area contributed by atoms with Gasteiger partial charge in [0.05, 0.1) is 17.3 Å². The monoisotopic (exact) mass is 369 g/mol. The third-order valence-electron chi connectivity index (χ3n) is 4.09. The summed E-state index contributed by atoms with van der Waals surface area (Å²) in [5.74, 6) is -0.253. The van der Waals surface area contributed by atoms with E-state index in [-0.39, 0.29) is 16.8 Å². The van der Waals surface area contributed by atoms with Gasteiger partial charge in [-0.3, -0.25) is 4.79 Å². The number of sulfone groups is 1. The molecular weight excluding hydrogens is 350 g/mol. The highest BCUT2D eigenvalue weighted by molar-refractivity contribution is 7.90. The Kier molecular flexibility index (Phi) is 4.90. The van der Waals surface area contributed by atoms with E-state index in [1.54, 1.807) is 12.5 Å². The van der Waals surface area contributed by atoms with Crippen molar-refractivity contribution in [2.24, 2.45) is 0 Å². The van der Waals surface area contributed by atoms with Gasteiger partial charge < -0.3 is 9.88 Å². The Hall–Kier alpha value is -2.93. The summed E-state index contributed by atoms with van der Waals surface area (Å²) in [6.07, 6.45) is 6.43.